The van der Waals surface area contributed by atoms with Gasteiger partial charge in [-0.25, -0.2) is 4.98 Å². The molecule has 3 nitrogen and oxygen atoms in total. The van der Waals surface area contributed by atoms with Crippen molar-refractivity contribution >= 4 is 5.91 Å². The Morgan fingerprint density at radius 3 is 2.93 bits per heavy atom. The minimum Gasteiger partial charge on any atom is -0.337 e. The van der Waals surface area contributed by atoms with E-state index < -0.39 is 0 Å². The third kappa shape index (κ3) is 3.10. The SMILES string of the molecule is C#CC(CC)NC(=O)c1cccc(C)n1. The number of aromatic nitrogens is 1. The van der Waals surface area contributed by atoms with Crippen LogP contribution in [-0.2, 0) is 0 Å². The Bertz CT molecular complexity index is 393. The molecule has 1 rings (SSSR count). The van der Waals surface area contributed by atoms with E-state index in [1.54, 1.807) is 12.1 Å². The van der Waals surface area contributed by atoms with E-state index in [1.165, 1.54) is 0 Å². The number of carbonyl (C=O) groups is 1. The molecule has 0 radical (unpaired) electrons. The Balaban J connectivity index is 2.74. The average molecular weight is 202 g/mol. The molecule has 0 aliphatic heterocycles. The quantitative estimate of drug-likeness (QED) is 0.755. The lowest BCUT2D eigenvalue weighted by Gasteiger charge is -2.10. The fraction of sp³-hybridized carbons (Fsp3) is 0.333. The summed E-state index contributed by atoms with van der Waals surface area (Å²) in [6.07, 6.45) is 5.97. The van der Waals surface area contributed by atoms with Gasteiger partial charge in [0, 0.05) is 5.69 Å². The van der Waals surface area contributed by atoms with Gasteiger partial charge < -0.3 is 5.32 Å². The van der Waals surface area contributed by atoms with Gasteiger partial charge in [-0.15, -0.1) is 6.42 Å². The van der Waals surface area contributed by atoms with Crippen molar-refractivity contribution in [2.45, 2.75) is 26.3 Å². The van der Waals surface area contributed by atoms with Crippen LogP contribution in [0.15, 0.2) is 18.2 Å². The van der Waals surface area contributed by atoms with Crippen molar-refractivity contribution in [1.29, 1.82) is 0 Å². The van der Waals surface area contributed by atoms with Crippen molar-refractivity contribution in [3.05, 3.63) is 29.6 Å². The maximum Gasteiger partial charge on any atom is 0.270 e. The van der Waals surface area contributed by atoms with E-state index in [0.29, 0.717) is 12.1 Å². The number of aryl methyl sites for hydroxylation is 1. The number of hydrogen-bond donors (Lipinski definition) is 1. The molecule has 1 atom stereocenters. The number of amides is 1. The second-order valence-electron chi connectivity index (χ2n) is 3.27. The van der Waals surface area contributed by atoms with Crippen LogP contribution in [-0.4, -0.2) is 16.9 Å². The highest BCUT2D eigenvalue weighted by atomic mass is 16.1. The molecule has 1 amide bonds. The van der Waals surface area contributed by atoms with Gasteiger partial charge in [0.15, 0.2) is 0 Å². The summed E-state index contributed by atoms with van der Waals surface area (Å²) in [5.41, 5.74) is 1.22. The Morgan fingerprint density at radius 2 is 2.40 bits per heavy atom. The highest BCUT2D eigenvalue weighted by molar-refractivity contribution is 5.92. The Labute approximate surface area is 89.9 Å². The molecule has 1 heterocycles. The van der Waals surface area contributed by atoms with E-state index in [9.17, 15) is 4.79 Å². The molecular formula is C12H14N2O. The smallest absolute Gasteiger partial charge is 0.270 e. The summed E-state index contributed by atoms with van der Waals surface area (Å²) in [6.45, 7) is 3.77. The fourth-order valence-electron chi connectivity index (χ4n) is 1.16. The summed E-state index contributed by atoms with van der Waals surface area (Å²) in [5, 5.41) is 2.72. The first-order valence-corrected chi connectivity index (χ1v) is 4.88. The zero-order valence-electron chi connectivity index (χ0n) is 8.95. The predicted octanol–water partition coefficient (Wildman–Crippen LogP) is 1.53. The maximum absolute atomic E-state index is 11.7. The summed E-state index contributed by atoms with van der Waals surface area (Å²) >= 11 is 0. The molecule has 0 aliphatic carbocycles. The van der Waals surface area contributed by atoms with Crippen LogP contribution in [0.3, 0.4) is 0 Å². The molecule has 1 aromatic heterocycles. The van der Waals surface area contributed by atoms with Crippen LogP contribution >= 0.6 is 0 Å². The number of hydrogen-bond acceptors (Lipinski definition) is 2. The monoisotopic (exact) mass is 202 g/mol. The van der Waals surface area contributed by atoms with E-state index in [-0.39, 0.29) is 11.9 Å². The molecule has 0 aromatic carbocycles. The highest BCUT2D eigenvalue weighted by Gasteiger charge is 2.10. The average Bonchev–Trinajstić information content (AvgIpc) is 2.25. The van der Waals surface area contributed by atoms with Gasteiger partial charge in [0.2, 0.25) is 0 Å². The number of nitrogens with zero attached hydrogens (tertiary/aromatic N) is 1. The molecule has 0 bridgehead atoms. The Hall–Kier alpha value is -1.82. The molecule has 15 heavy (non-hydrogen) atoms. The Morgan fingerprint density at radius 1 is 1.67 bits per heavy atom. The van der Waals surface area contributed by atoms with Crippen LogP contribution in [0.4, 0.5) is 0 Å². The van der Waals surface area contributed by atoms with Crippen LogP contribution in [0.25, 0.3) is 0 Å². The zero-order valence-corrected chi connectivity index (χ0v) is 8.95. The molecule has 78 valence electrons. The predicted molar refractivity (Wildman–Crippen MR) is 59.4 cm³/mol. The van der Waals surface area contributed by atoms with Crippen molar-refractivity contribution in [2.24, 2.45) is 0 Å². The molecule has 1 N–H and O–H groups in total. The van der Waals surface area contributed by atoms with Crippen molar-refractivity contribution in [3.8, 4) is 12.3 Å². The van der Waals surface area contributed by atoms with Crippen LogP contribution in [0.5, 0.6) is 0 Å². The minimum atomic E-state index is -0.222. The topological polar surface area (TPSA) is 42.0 Å². The third-order valence-corrected chi connectivity index (χ3v) is 2.04. The number of rotatable bonds is 3. The zero-order chi connectivity index (χ0) is 11.3. The van der Waals surface area contributed by atoms with Crippen LogP contribution in [0.2, 0.25) is 0 Å². The highest BCUT2D eigenvalue weighted by Crippen LogP contribution is 1.99. The molecule has 1 aromatic rings. The second kappa shape index (κ2) is 5.16. The number of terminal acetylenes is 1. The maximum atomic E-state index is 11.7. The number of carbonyl (C=O) groups excluding carboxylic acids is 1. The van der Waals surface area contributed by atoms with Gasteiger partial charge in [-0.3, -0.25) is 4.79 Å². The lowest BCUT2D eigenvalue weighted by Crippen LogP contribution is -2.33. The first-order valence-electron chi connectivity index (χ1n) is 4.88. The normalized spacial score (nSPS) is 11.5. The molecule has 0 aliphatic rings. The second-order valence-corrected chi connectivity index (χ2v) is 3.27. The van der Waals surface area contributed by atoms with E-state index in [0.717, 1.165) is 5.69 Å². The molecule has 0 saturated carbocycles. The van der Waals surface area contributed by atoms with Crippen molar-refractivity contribution in [1.82, 2.24) is 10.3 Å². The van der Waals surface area contributed by atoms with E-state index in [4.69, 9.17) is 6.42 Å². The van der Waals surface area contributed by atoms with E-state index in [1.807, 2.05) is 19.9 Å². The summed E-state index contributed by atoms with van der Waals surface area (Å²) in [5.74, 6) is 2.29. The van der Waals surface area contributed by atoms with Crippen LogP contribution in [0, 0.1) is 19.3 Å². The first-order chi connectivity index (χ1) is 7.17. The summed E-state index contributed by atoms with van der Waals surface area (Å²) < 4.78 is 0. The molecule has 3 heteroatoms. The van der Waals surface area contributed by atoms with Gasteiger partial charge >= 0.3 is 0 Å². The summed E-state index contributed by atoms with van der Waals surface area (Å²) in [7, 11) is 0. The molecular weight excluding hydrogens is 188 g/mol. The van der Waals surface area contributed by atoms with Crippen LogP contribution in [0.1, 0.15) is 29.5 Å². The van der Waals surface area contributed by atoms with Crippen LogP contribution < -0.4 is 5.32 Å². The van der Waals surface area contributed by atoms with Gasteiger partial charge in [0.05, 0.1) is 6.04 Å². The van der Waals surface area contributed by atoms with Gasteiger partial charge in [-0.1, -0.05) is 18.9 Å². The van der Waals surface area contributed by atoms with Crippen molar-refractivity contribution in [3.63, 3.8) is 0 Å². The largest absolute Gasteiger partial charge is 0.337 e. The lowest BCUT2D eigenvalue weighted by molar-refractivity contribution is 0.0940. The van der Waals surface area contributed by atoms with E-state index >= 15 is 0 Å². The summed E-state index contributed by atoms with van der Waals surface area (Å²) in [4.78, 5) is 15.8. The molecule has 0 saturated heterocycles. The fourth-order valence-corrected chi connectivity index (χ4v) is 1.16. The lowest BCUT2D eigenvalue weighted by atomic mass is 10.2. The van der Waals surface area contributed by atoms with Gasteiger partial charge in [0.25, 0.3) is 5.91 Å². The van der Waals surface area contributed by atoms with Gasteiger partial charge in [0.1, 0.15) is 5.69 Å². The molecule has 0 fully saturated rings. The van der Waals surface area contributed by atoms with Crippen molar-refractivity contribution < 1.29 is 4.79 Å². The number of pyridine rings is 1. The van der Waals surface area contributed by atoms with Gasteiger partial charge in [-0.2, -0.15) is 0 Å². The molecule has 0 spiro atoms. The summed E-state index contributed by atoms with van der Waals surface area (Å²) in [6, 6.07) is 5.09. The minimum absolute atomic E-state index is 0.219. The third-order valence-electron chi connectivity index (χ3n) is 2.04. The first kappa shape index (κ1) is 11.3. The molecule has 1 unspecified atom stereocenters. The Kier molecular flexibility index (Phi) is 3.87. The van der Waals surface area contributed by atoms with Gasteiger partial charge in [-0.05, 0) is 25.5 Å². The number of nitrogens with one attached hydrogen (secondary N) is 1. The standard InChI is InChI=1S/C12H14N2O/c1-4-10(5-2)14-12(15)11-8-6-7-9(3)13-11/h1,6-8,10H,5H2,2-3H3,(H,14,15). The van der Waals surface area contributed by atoms with E-state index in [2.05, 4.69) is 16.2 Å². The van der Waals surface area contributed by atoms with Crippen molar-refractivity contribution in [2.75, 3.05) is 0 Å².